The molecular formula is C13H13NO6. The third-order valence-corrected chi connectivity index (χ3v) is 3.38. The van der Waals surface area contributed by atoms with Crippen molar-refractivity contribution in [3.63, 3.8) is 0 Å². The molecule has 0 saturated heterocycles. The van der Waals surface area contributed by atoms with Crippen LogP contribution in [0.15, 0.2) is 36.4 Å². The van der Waals surface area contributed by atoms with Crippen LogP contribution in [0.25, 0.3) is 0 Å². The van der Waals surface area contributed by atoms with Crippen molar-refractivity contribution in [3.8, 4) is 0 Å². The summed E-state index contributed by atoms with van der Waals surface area (Å²) in [4.78, 5) is 21.3. The normalized spacial score (nSPS) is 29.1. The standard InChI is InChI=1S/C13H13NO6/c15-11-7-13(18,12(16)17)6-5-9(11)8-3-1-2-4-10(8)14(19)20/h1-6,9,11,15,18H,7H2,(H,16,17)/t9-,11-,13+/m1/s1. The number of nitro benzene ring substituents is 1. The molecule has 20 heavy (non-hydrogen) atoms. The zero-order chi connectivity index (χ0) is 14.9. The van der Waals surface area contributed by atoms with Gasteiger partial charge in [-0.05, 0) is 6.08 Å². The molecule has 0 amide bonds. The lowest BCUT2D eigenvalue weighted by atomic mass is 9.79. The summed E-state index contributed by atoms with van der Waals surface area (Å²) in [5.74, 6) is -2.19. The van der Waals surface area contributed by atoms with E-state index in [0.717, 1.165) is 6.08 Å². The average molecular weight is 279 g/mol. The van der Waals surface area contributed by atoms with Gasteiger partial charge >= 0.3 is 5.97 Å². The van der Waals surface area contributed by atoms with E-state index < -0.39 is 34.9 Å². The first-order chi connectivity index (χ1) is 9.35. The summed E-state index contributed by atoms with van der Waals surface area (Å²) < 4.78 is 0. The number of hydrogen-bond donors (Lipinski definition) is 3. The molecule has 7 nitrogen and oxygen atoms in total. The molecule has 0 aliphatic heterocycles. The molecule has 3 N–H and O–H groups in total. The first-order valence-corrected chi connectivity index (χ1v) is 5.91. The molecule has 0 bridgehead atoms. The number of para-hydroxylation sites is 1. The lowest BCUT2D eigenvalue weighted by Gasteiger charge is -2.31. The van der Waals surface area contributed by atoms with Crippen molar-refractivity contribution in [1.29, 1.82) is 0 Å². The molecule has 1 aliphatic carbocycles. The molecule has 0 saturated carbocycles. The molecule has 0 aromatic heterocycles. The Morgan fingerprint density at radius 1 is 1.40 bits per heavy atom. The third-order valence-electron chi connectivity index (χ3n) is 3.38. The van der Waals surface area contributed by atoms with Crippen molar-refractivity contribution in [3.05, 3.63) is 52.1 Å². The monoisotopic (exact) mass is 279 g/mol. The predicted octanol–water partition coefficient (Wildman–Crippen LogP) is 0.815. The van der Waals surface area contributed by atoms with Crippen LogP contribution in [-0.2, 0) is 4.79 Å². The maximum atomic E-state index is 11.0. The van der Waals surface area contributed by atoms with E-state index in [2.05, 4.69) is 0 Å². The molecule has 2 rings (SSSR count). The highest BCUT2D eigenvalue weighted by atomic mass is 16.6. The van der Waals surface area contributed by atoms with Gasteiger partial charge in [0.15, 0.2) is 5.60 Å². The Bertz CT molecular complexity index is 584. The first-order valence-electron chi connectivity index (χ1n) is 5.91. The smallest absolute Gasteiger partial charge is 0.339 e. The average Bonchev–Trinajstić information content (AvgIpc) is 2.38. The summed E-state index contributed by atoms with van der Waals surface area (Å²) in [7, 11) is 0. The molecule has 106 valence electrons. The van der Waals surface area contributed by atoms with E-state index in [1.165, 1.54) is 24.3 Å². The number of nitro groups is 1. The Morgan fingerprint density at radius 3 is 2.60 bits per heavy atom. The Morgan fingerprint density at radius 2 is 2.05 bits per heavy atom. The van der Waals surface area contributed by atoms with Crippen LogP contribution in [-0.4, -0.2) is 37.9 Å². The summed E-state index contributed by atoms with van der Waals surface area (Å²) in [5.41, 5.74) is -2.00. The van der Waals surface area contributed by atoms with Crippen molar-refractivity contribution in [2.75, 3.05) is 0 Å². The summed E-state index contributed by atoms with van der Waals surface area (Å²) in [6.45, 7) is 0. The Hall–Kier alpha value is -2.25. The maximum absolute atomic E-state index is 11.0. The molecule has 0 heterocycles. The topological polar surface area (TPSA) is 121 Å². The highest BCUT2D eigenvalue weighted by Crippen LogP contribution is 2.36. The number of hydrogen-bond acceptors (Lipinski definition) is 5. The van der Waals surface area contributed by atoms with Crippen molar-refractivity contribution in [2.45, 2.75) is 24.0 Å². The van der Waals surface area contributed by atoms with Crippen molar-refractivity contribution >= 4 is 11.7 Å². The van der Waals surface area contributed by atoms with E-state index in [0.29, 0.717) is 0 Å². The van der Waals surface area contributed by atoms with Gasteiger partial charge in [-0.2, -0.15) is 0 Å². The van der Waals surface area contributed by atoms with Gasteiger partial charge in [0, 0.05) is 24.0 Å². The largest absolute Gasteiger partial charge is 0.479 e. The molecule has 7 heteroatoms. The summed E-state index contributed by atoms with van der Waals surface area (Å²) >= 11 is 0. The van der Waals surface area contributed by atoms with Gasteiger partial charge in [-0.15, -0.1) is 0 Å². The fourth-order valence-corrected chi connectivity index (χ4v) is 2.31. The number of nitrogens with zero attached hydrogens (tertiary/aromatic N) is 1. The Labute approximate surface area is 113 Å². The maximum Gasteiger partial charge on any atom is 0.339 e. The lowest BCUT2D eigenvalue weighted by molar-refractivity contribution is -0.385. The molecule has 1 aromatic carbocycles. The van der Waals surface area contributed by atoms with Gasteiger partial charge in [0.05, 0.1) is 11.0 Å². The fourth-order valence-electron chi connectivity index (χ4n) is 2.31. The molecule has 0 radical (unpaired) electrons. The molecule has 0 unspecified atom stereocenters. The van der Waals surface area contributed by atoms with E-state index in [9.17, 15) is 25.1 Å². The summed E-state index contributed by atoms with van der Waals surface area (Å²) in [6, 6.07) is 5.92. The fraction of sp³-hybridized carbons (Fsp3) is 0.308. The van der Waals surface area contributed by atoms with Gasteiger partial charge < -0.3 is 15.3 Å². The molecule has 0 fully saturated rings. The minimum atomic E-state index is -2.14. The Kier molecular flexibility index (Phi) is 3.56. The second kappa shape index (κ2) is 5.03. The van der Waals surface area contributed by atoms with Crippen LogP contribution in [0.3, 0.4) is 0 Å². The van der Waals surface area contributed by atoms with Crippen LogP contribution in [0, 0.1) is 10.1 Å². The van der Waals surface area contributed by atoms with E-state index in [1.54, 1.807) is 6.07 Å². The number of carboxylic acids is 1. The number of benzene rings is 1. The molecule has 1 aliphatic rings. The van der Waals surface area contributed by atoms with Crippen molar-refractivity contribution in [2.24, 2.45) is 0 Å². The third kappa shape index (κ3) is 2.40. The van der Waals surface area contributed by atoms with Crippen LogP contribution in [0.4, 0.5) is 5.69 Å². The van der Waals surface area contributed by atoms with E-state index >= 15 is 0 Å². The number of carboxylic acid groups (broad SMARTS) is 1. The summed E-state index contributed by atoms with van der Waals surface area (Å²) in [6.07, 6.45) is 0.714. The highest BCUT2D eigenvalue weighted by molar-refractivity contribution is 5.80. The van der Waals surface area contributed by atoms with Gasteiger partial charge in [-0.3, -0.25) is 10.1 Å². The number of rotatable bonds is 3. The molecule has 0 spiro atoms. The number of aliphatic hydroxyl groups excluding tert-OH is 1. The van der Waals surface area contributed by atoms with Gasteiger partial charge in [0.2, 0.25) is 0 Å². The molecule has 3 atom stereocenters. The van der Waals surface area contributed by atoms with E-state index in [-0.39, 0.29) is 11.3 Å². The van der Waals surface area contributed by atoms with E-state index in [1.807, 2.05) is 0 Å². The lowest BCUT2D eigenvalue weighted by Crippen LogP contribution is -2.44. The van der Waals surface area contributed by atoms with Gasteiger partial charge in [0.25, 0.3) is 5.69 Å². The summed E-state index contributed by atoms with van der Waals surface area (Å²) in [5, 5.41) is 39.7. The van der Waals surface area contributed by atoms with Crippen LogP contribution in [0.2, 0.25) is 0 Å². The molecular weight excluding hydrogens is 266 g/mol. The van der Waals surface area contributed by atoms with Gasteiger partial charge in [0.1, 0.15) is 0 Å². The predicted molar refractivity (Wildman–Crippen MR) is 68.2 cm³/mol. The highest BCUT2D eigenvalue weighted by Gasteiger charge is 2.42. The number of carbonyl (C=O) groups is 1. The minimum Gasteiger partial charge on any atom is -0.479 e. The molecule has 1 aromatic rings. The van der Waals surface area contributed by atoms with Crippen molar-refractivity contribution in [1.82, 2.24) is 0 Å². The van der Waals surface area contributed by atoms with Crippen molar-refractivity contribution < 1.29 is 25.0 Å². The quantitative estimate of drug-likeness (QED) is 0.428. The number of aliphatic carboxylic acids is 1. The van der Waals surface area contributed by atoms with Crippen LogP contribution < -0.4 is 0 Å². The first kappa shape index (κ1) is 14.2. The van der Waals surface area contributed by atoms with Gasteiger partial charge in [-0.1, -0.05) is 24.3 Å². The Balaban J connectivity index is 2.41. The zero-order valence-electron chi connectivity index (χ0n) is 10.3. The van der Waals surface area contributed by atoms with Crippen LogP contribution in [0.1, 0.15) is 17.9 Å². The van der Waals surface area contributed by atoms with Crippen LogP contribution >= 0.6 is 0 Å². The minimum absolute atomic E-state index is 0.151. The van der Waals surface area contributed by atoms with Crippen LogP contribution in [0.5, 0.6) is 0 Å². The SMILES string of the molecule is O=C(O)[C@]1(O)C=C[C@H](c2ccccc2[N+](=O)[O-])[C@H](O)C1. The van der Waals surface area contributed by atoms with E-state index in [4.69, 9.17) is 5.11 Å². The zero-order valence-corrected chi connectivity index (χ0v) is 10.3. The number of aliphatic hydroxyl groups is 2. The van der Waals surface area contributed by atoms with Gasteiger partial charge in [-0.25, -0.2) is 4.79 Å². The second-order valence-corrected chi connectivity index (χ2v) is 4.70. The second-order valence-electron chi connectivity index (χ2n) is 4.70.